The Labute approximate surface area is 154 Å². The van der Waals surface area contributed by atoms with Crippen molar-refractivity contribution in [2.45, 2.75) is 31.8 Å². The Morgan fingerprint density at radius 1 is 1.08 bits per heavy atom. The number of benzene rings is 1. The van der Waals surface area contributed by atoms with Crippen LogP contribution in [0.25, 0.3) is 22.2 Å². The van der Waals surface area contributed by atoms with E-state index in [1.54, 1.807) is 0 Å². The lowest BCUT2D eigenvalue weighted by atomic mass is 9.79. The Hall–Kier alpha value is -2.33. The van der Waals surface area contributed by atoms with Gasteiger partial charge in [0.15, 0.2) is 0 Å². The lowest BCUT2D eigenvalue weighted by molar-refractivity contribution is 0.0458. The first kappa shape index (κ1) is 15.9. The van der Waals surface area contributed by atoms with Crippen LogP contribution >= 0.6 is 0 Å². The molecule has 2 bridgehead atoms. The van der Waals surface area contributed by atoms with Crippen molar-refractivity contribution in [2.75, 3.05) is 18.4 Å². The molecule has 5 heterocycles. The number of fused-ring (bicyclic) bond motifs is 4. The number of rotatable bonds is 3. The maximum absolute atomic E-state index is 4.73. The predicted octanol–water partition coefficient (Wildman–Crippen LogP) is 4.13. The monoisotopic (exact) mass is 346 g/mol. The van der Waals surface area contributed by atoms with E-state index in [0.29, 0.717) is 12.1 Å². The summed E-state index contributed by atoms with van der Waals surface area (Å²) in [4.78, 5) is 7.35. The van der Waals surface area contributed by atoms with Gasteiger partial charge in [0.1, 0.15) is 0 Å². The first-order valence-corrected chi connectivity index (χ1v) is 9.71. The highest BCUT2D eigenvalue weighted by Gasteiger charge is 2.39. The smallest absolute Gasteiger partial charge is 0.0703 e. The quantitative estimate of drug-likeness (QED) is 0.774. The number of nitrogens with one attached hydrogen (secondary N) is 1. The fourth-order valence-corrected chi connectivity index (χ4v) is 4.83. The van der Waals surface area contributed by atoms with Gasteiger partial charge in [0, 0.05) is 41.8 Å². The van der Waals surface area contributed by atoms with Gasteiger partial charge >= 0.3 is 0 Å². The fourth-order valence-electron chi connectivity index (χ4n) is 4.83. The molecule has 1 N–H and O–H groups in total. The van der Waals surface area contributed by atoms with Crippen molar-refractivity contribution in [2.24, 2.45) is 13.0 Å². The normalized spacial score (nSPS) is 27.8. The third-order valence-electron chi connectivity index (χ3n) is 6.46. The van der Waals surface area contributed by atoms with Gasteiger partial charge in [0.25, 0.3) is 0 Å². The average molecular weight is 346 g/mol. The molecule has 2 aromatic heterocycles. The van der Waals surface area contributed by atoms with Crippen LogP contribution in [0.4, 0.5) is 5.69 Å². The Balaban J connectivity index is 1.36. The first-order valence-electron chi connectivity index (χ1n) is 9.71. The molecule has 3 fully saturated rings. The summed E-state index contributed by atoms with van der Waals surface area (Å²) < 4.78 is 2.15. The minimum atomic E-state index is 0.547. The molecule has 1 aromatic carbocycles. The van der Waals surface area contributed by atoms with Gasteiger partial charge in [-0.05, 0) is 69.1 Å². The van der Waals surface area contributed by atoms with E-state index in [0.717, 1.165) is 17.3 Å². The standard InChI is InChI=1S/C22H26N4/c1-15-22(16-8-11-26(15)12-9-16)24-19-4-5-20(23-14-19)17-3-6-21-18(13-17)7-10-25(21)2/h3-7,10,13-16,22,24H,8-9,11-12H2,1-2H3/t15-,22-/m1/s1. The molecule has 3 aliphatic heterocycles. The van der Waals surface area contributed by atoms with Crippen LogP contribution in [0.2, 0.25) is 0 Å². The third-order valence-corrected chi connectivity index (χ3v) is 6.46. The number of hydrogen-bond acceptors (Lipinski definition) is 3. The minimum absolute atomic E-state index is 0.547. The Morgan fingerprint density at radius 3 is 2.65 bits per heavy atom. The molecule has 2 atom stereocenters. The molecule has 0 radical (unpaired) electrons. The first-order chi connectivity index (χ1) is 12.7. The molecule has 3 aromatic rings. The molecule has 0 amide bonds. The lowest BCUT2D eigenvalue weighted by Crippen LogP contribution is -2.59. The largest absolute Gasteiger partial charge is 0.379 e. The van der Waals surface area contributed by atoms with E-state index < -0.39 is 0 Å². The number of hydrogen-bond donors (Lipinski definition) is 1. The molecule has 4 heteroatoms. The topological polar surface area (TPSA) is 33.1 Å². The number of anilines is 1. The van der Waals surface area contributed by atoms with Gasteiger partial charge in [0.05, 0.1) is 17.6 Å². The highest BCUT2D eigenvalue weighted by atomic mass is 15.2. The van der Waals surface area contributed by atoms with Crippen molar-refractivity contribution in [3.8, 4) is 11.3 Å². The Kier molecular flexibility index (Phi) is 3.75. The van der Waals surface area contributed by atoms with Crippen molar-refractivity contribution in [3.63, 3.8) is 0 Å². The number of aromatic nitrogens is 2. The van der Waals surface area contributed by atoms with Crippen LogP contribution < -0.4 is 5.32 Å². The molecular weight excluding hydrogens is 320 g/mol. The molecular formula is C22H26N4. The van der Waals surface area contributed by atoms with Crippen LogP contribution in [0, 0.1) is 5.92 Å². The van der Waals surface area contributed by atoms with Crippen LogP contribution in [-0.4, -0.2) is 39.6 Å². The van der Waals surface area contributed by atoms with E-state index in [4.69, 9.17) is 4.98 Å². The van der Waals surface area contributed by atoms with Crippen LogP contribution in [-0.2, 0) is 7.05 Å². The molecule has 134 valence electrons. The van der Waals surface area contributed by atoms with Crippen molar-refractivity contribution in [1.82, 2.24) is 14.5 Å². The number of nitrogens with zero attached hydrogens (tertiary/aromatic N) is 3. The summed E-state index contributed by atoms with van der Waals surface area (Å²) in [6.07, 6.45) is 6.74. The predicted molar refractivity (Wildman–Crippen MR) is 107 cm³/mol. The molecule has 3 saturated heterocycles. The van der Waals surface area contributed by atoms with Gasteiger partial charge in [-0.3, -0.25) is 9.88 Å². The van der Waals surface area contributed by atoms with E-state index in [-0.39, 0.29) is 0 Å². The summed E-state index contributed by atoms with van der Waals surface area (Å²) in [6, 6.07) is 14.2. The minimum Gasteiger partial charge on any atom is -0.379 e. The number of piperidine rings is 3. The summed E-state index contributed by atoms with van der Waals surface area (Å²) in [6.45, 7) is 4.90. The van der Waals surface area contributed by atoms with Crippen LogP contribution in [0.1, 0.15) is 19.8 Å². The van der Waals surface area contributed by atoms with Gasteiger partial charge in [-0.15, -0.1) is 0 Å². The molecule has 0 saturated carbocycles. The zero-order valence-electron chi connectivity index (χ0n) is 15.5. The second kappa shape index (κ2) is 6.13. The van der Waals surface area contributed by atoms with Gasteiger partial charge in [-0.2, -0.15) is 0 Å². The second-order valence-corrected chi connectivity index (χ2v) is 7.92. The molecule has 0 unspecified atom stereocenters. The highest BCUT2D eigenvalue weighted by molar-refractivity contribution is 5.85. The Morgan fingerprint density at radius 2 is 1.92 bits per heavy atom. The number of pyridine rings is 1. The van der Waals surface area contributed by atoms with E-state index in [9.17, 15) is 0 Å². The van der Waals surface area contributed by atoms with E-state index >= 15 is 0 Å². The molecule has 4 nitrogen and oxygen atoms in total. The fraction of sp³-hybridized carbons (Fsp3) is 0.409. The van der Waals surface area contributed by atoms with Crippen LogP contribution in [0.5, 0.6) is 0 Å². The summed E-state index contributed by atoms with van der Waals surface area (Å²) in [5, 5.41) is 5.03. The summed E-state index contributed by atoms with van der Waals surface area (Å²) in [5.74, 6) is 0.801. The van der Waals surface area contributed by atoms with Crippen molar-refractivity contribution in [1.29, 1.82) is 0 Å². The van der Waals surface area contributed by atoms with Crippen molar-refractivity contribution < 1.29 is 0 Å². The summed E-state index contributed by atoms with van der Waals surface area (Å²) in [7, 11) is 2.08. The van der Waals surface area contributed by atoms with E-state index in [2.05, 4.69) is 71.4 Å². The van der Waals surface area contributed by atoms with Gasteiger partial charge in [-0.25, -0.2) is 0 Å². The SMILES string of the molecule is C[C@@H]1[C@@H](Nc2ccc(-c3ccc4c(ccn4C)c3)nc2)C2CCN1CC2. The zero-order valence-corrected chi connectivity index (χ0v) is 15.5. The van der Waals surface area contributed by atoms with Gasteiger partial charge < -0.3 is 9.88 Å². The molecule has 0 spiro atoms. The summed E-state index contributed by atoms with van der Waals surface area (Å²) >= 11 is 0. The van der Waals surface area contributed by atoms with Gasteiger partial charge in [0.2, 0.25) is 0 Å². The molecule has 0 aliphatic carbocycles. The second-order valence-electron chi connectivity index (χ2n) is 7.92. The average Bonchev–Trinajstić information content (AvgIpc) is 3.06. The highest BCUT2D eigenvalue weighted by Crippen LogP contribution is 2.34. The number of aryl methyl sites for hydroxylation is 1. The van der Waals surface area contributed by atoms with Gasteiger partial charge in [-0.1, -0.05) is 6.07 Å². The Bertz CT molecular complexity index is 917. The van der Waals surface area contributed by atoms with Crippen molar-refractivity contribution >= 4 is 16.6 Å². The third kappa shape index (κ3) is 2.60. The lowest BCUT2D eigenvalue weighted by Gasteiger charge is -2.50. The zero-order chi connectivity index (χ0) is 17.7. The van der Waals surface area contributed by atoms with Crippen molar-refractivity contribution in [3.05, 3.63) is 48.8 Å². The summed E-state index contributed by atoms with van der Waals surface area (Å²) in [5.41, 5.74) is 4.60. The van der Waals surface area contributed by atoms with Crippen LogP contribution in [0.3, 0.4) is 0 Å². The maximum Gasteiger partial charge on any atom is 0.0703 e. The van der Waals surface area contributed by atoms with E-state index in [1.165, 1.54) is 42.4 Å². The van der Waals surface area contributed by atoms with E-state index in [1.807, 2.05) is 6.20 Å². The molecule has 26 heavy (non-hydrogen) atoms. The molecule has 3 aliphatic rings. The van der Waals surface area contributed by atoms with Crippen LogP contribution in [0.15, 0.2) is 48.8 Å². The molecule has 6 rings (SSSR count). The maximum atomic E-state index is 4.73.